The van der Waals surface area contributed by atoms with Crippen molar-refractivity contribution in [2.45, 2.75) is 20.4 Å². The van der Waals surface area contributed by atoms with Gasteiger partial charge in [0.05, 0.1) is 6.21 Å². The Bertz CT molecular complexity index is 895. The number of carbonyl (C=O) groups excluding carboxylic acids is 1. The zero-order valence-electron chi connectivity index (χ0n) is 13.8. The molecule has 3 rings (SSSR count). The Kier molecular flexibility index (Phi) is 4.61. The molecule has 0 bridgehead atoms. The molecule has 2 aromatic carbocycles. The van der Waals surface area contributed by atoms with E-state index in [1.54, 1.807) is 6.21 Å². The first kappa shape index (κ1) is 15.8. The molecule has 5 nitrogen and oxygen atoms in total. The number of aromatic nitrogens is 1. The lowest BCUT2D eigenvalue weighted by molar-refractivity contribution is 0.252. The van der Waals surface area contributed by atoms with Gasteiger partial charge in [0, 0.05) is 34.9 Å². The van der Waals surface area contributed by atoms with Crippen molar-refractivity contribution in [3.05, 3.63) is 65.9 Å². The molecule has 0 atom stereocenters. The zero-order chi connectivity index (χ0) is 16.9. The Morgan fingerprint density at radius 2 is 1.92 bits per heavy atom. The fourth-order valence-corrected chi connectivity index (χ4v) is 2.66. The molecule has 0 aliphatic heterocycles. The molecule has 0 unspecified atom stereocenters. The van der Waals surface area contributed by atoms with E-state index in [1.807, 2.05) is 49.5 Å². The maximum Gasteiger partial charge on any atom is 0.339 e. The minimum absolute atomic E-state index is 0.361. The van der Waals surface area contributed by atoms with Crippen LogP contribution in [0.2, 0.25) is 0 Å². The van der Waals surface area contributed by atoms with Gasteiger partial charge in [0.15, 0.2) is 0 Å². The van der Waals surface area contributed by atoms with Crippen molar-refractivity contribution < 1.29 is 4.79 Å². The van der Waals surface area contributed by atoms with Crippen LogP contribution in [0.1, 0.15) is 18.1 Å². The number of urea groups is 1. The van der Waals surface area contributed by atoms with Gasteiger partial charge in [0.1, 0.15) is 0 Å². The number of nitrogens with one attached hydrogen (secondary N) is 2. The molecule has 2 N–H and O–H groups in total. The van der Waals surface area contributed by atoms with Crippen molar-refractivity contribution in [1.29, 1.82) is 0 Å². The van der Waals surface area contributed by atoms with Gasteiger partial charge in [0.25, 0.3) is 0 Å². The van der Waals surface area contributed by atoms with Crippen LogP contribution in [0.25, 0.3) is 10.9 Å². The third-order valence-corrected chi connectivity index (χ3v) is 3.92. The normalized spacial score (nSPS) is 11.1. The van der Waals surface area contributed by atoms with E-state index in [1.165, 1.54) is 0 Å². The van der Waals surface area contributed by atoms with Gasteiger partial charge < -0.3 is 9.88 Å². The van der Waals surface area contributed by atoms with E-state index < -0.39 is 0 Å². The number of amides is 2. The molecular formula is C19H20N4O. The number of hydrazone groups is 1. The minimum atomic E-state index is -0.361. The summed E-state index contributed by atoms with van der Waals surface area (Å²) >= 11 is 0. The van der Waals surface area contributed by atoms with Crippen LogP contribution < -0.4 is 10.7 Å². The lowest BCUT2D eigenvalue weighted by Gasteiger charge is -2.06. The van der Waals surface area contributed by atoms with Crippen LogP contribution >= 0.6 is 0 Å². The fourth-order valence-electron chi connectivity index (χ4n) is 2.66. The van der Waals surface area contributed by atoms with Crippen molar-refractivity contribution in [3.63, 3.8) is 0 Å². The lowest BCUT2D eigenvalue weighted by Crippen LogP contribution is -2.24. The van der Waals surface area contributed by atoms with Crippen molar-refractivity contribution >= 4 is 28.8 Å². The predicted octanol–water partition coefficient (Wildman–Crippen LogP) is 4.13. The number of nitrogens with zero attached hydrogens (tertiary/aromatic N) is 2. The molecule has 2 amide bonds. The Morgan fingerprint density at radius 3 is 2.71 bits per heavy atom. The van der Waals surface area contributed by atoms with E-state index in [2.05, 4.69) is 39.5 Å². The molecule has 0 aliphatic rings. The highest BCUT2D eigenvalue weighted by Crippen LogP contribution is 2.19. The van der Waals surface area contributed by atoms with E-state index in [0.717, 1.165) is 34.3 Å². The average Bonchev–Trinajstić information content (AvgIpc) is 2.95. The summed E-state index contributed by atoms with van der Waals surface area (Å²) in [6, 6.07) is 15.4. The standard InChI is InChI=1S/C19H20N4O/c1-3-23-13-15(16-9-5-7-11-18(16)23)12-20-22-19(24)21-17-10-6-4-8-14(17)2/h4-13H,3H2,1-2H3,(H2,21,22,24). The minimum Gasteiger partial charge on any atom is -0.347 e. The number of aryl methyl sites for hydroxylation is 2. The van der Waals surface area contributed by atoms with Gasteiger partial charge in [0.2, 0.25) is 0 Å². The quantitative estimate of drug-likeness (QED) is 0.551. The summed E-state index contributed by atoms with van der Waals surface area (Å²) < 4.78 is 2.16. The maximum atomic E-state index is 11.9. The number of carbonyl (C=O) groups is 1. The molecule has 24 heavy (non-hydrogen) atoms. The second-order valence-electron chi connectivity index (χ2n) is 5.53. The van der Waals surface area contributed by atoms with Gasteiger partial charge in [-0.25, -0.2) is 10.2 Å². The maximum absolute atomic E-state index is 11.9. The largest absolute Gasteiger partial charge is 0.347 e. The monoisotopic (exact) mass is 320 g/mol. The van der Waals surface area contributed by atoms with Gasteiger partial charge in [-0.05, 0) is 31.5 Å². The Morgan fingerprint density at radius 1 is 1.17 bits per heavy atom. The molecule has 0 spiro atoms. The number of hydrogen-bond donors (Lipinski definition) is 2. The molecule has 122 valence electrons. The van der Waals surface area contributed by atoms with Crippen LogP contribution in [0, 0.1) is 6.92 Å². The summed E-state index contributed by atoms with van der Waals surface area (Å²) in [6.07, 6.45) is 3.71. The van der Waals surface area contributed by atoms with Gasteiger partial charge in [-0.1, -0.05) is 36.4 Å². The second kappa shape index (κ2) is 7.00. The van der Waals surface area contributed by atoms with Crippen LogP contribution in [0.4, 0.5) is 10.5 Å². The van der Waals surface area contributed by atoms with E-state index in [0.29, 0.717) is 0 Å². The summed E-state index contributed by atoms with van der Waals surface area (Å²) in [5, 5.41) is 7.96. The van der Waals surface area contributed by atoms with Crippen LogP contribution in [-0.4, -0.2) is 16.8 Å². The highest BCUT2D eigenvalue weighted by atomic mass is 16.2. The number of fused-ring (bicyclic) bond motifs is 1. The number of hydrogen-bond acceptors (Lipinski definition) is 2. The lowest BCUT2D eigenvalue weighted by atomic mass is 10.2. The molecule has 0 saturated carbocycles. The molecule has 0 radical (unpaired) electrons. The summed E-state index contributed by atoms with van der Waals surface area (Å²) in [4.78, 5) is 11.9. The Labute approximate surface area is 141 Å². The molecule has 0 aliphatic carbocycles. The highest BCUT2D eigenvalue weighted by Gasteiger charge is 2.05. The van der Waals surface area contributed by atoms with Gasteiger partial charge in [-0.2, -0.15) is 5.10 Å². The van der Waals surface area contributed by atoms with Crippen molar-refractivity contribution in [1.82, 2.24) is 9.99 Å². The Hall–Kier alpha value is -3.08. The third kappa shape index (κ3) is 3.30. The molecule has 0 fully saturated rings. The van der Waals surface area contributed by atoms with Gasteiger partial charge in [-0.15, -0.1) is 0 Å². The topological polar surface area (TPSA) is 58.4 Å². The highest BCUT2D eigenvalue weighted by molar-refractivity contribution is 6.00. The van der Waals surface area contributed by atoms with Crippen LogP contribution in [0.15, 0.2) is 59.8 Å². The van der Waals surface area contributed by atoms with Gasteiger partial charge >= 0.3 is 6.03 Å². The van der Waals surface area contributed by atoms with Crippen molar-refractivity contribution in [2.24, 2.45) is 5.10 Å². The smallest absolute Gasteiger partial charge is 0.339 e. The van der Waals surface area contributed by atoms with Crippen molar-refractivity contribution in [2.75, 3.05) is 5.32 Å². The first-order chi connectivity index (χ1) is 11.7. The number of rotatable bonds is 4. The first-order valence-electron chi connectivity index (χ1n) is 7.92. The van der Waals surface area contributed by atoms with Gasteiger partial charge in [-0.3, -0.25) is 0 Å². The summed E-state index contributed by atoms with van der Waals surface area (Å²) in [6.45, 7) is 4.93. The summed E-state index contributed by atoms with van der Waals surface area (Å²) in [5.41, 5.74) is 6.42. The predicted molar refractivity (Wildman–Crippen MR) is 98.5 cm³/mol. The third-order valence-electron chi connectivity index (χ3n) is 3.92. The van der Waals surface area contributed by atoms with Crippen molar-refractivity contribution in [3.8, 4) is 0 Å². The van der Waals surface area contributed by atoms with E-state index in [9.17, 15) is 4.79 Å². The second-order valence-corrected chi connectivity index (χ2v) is 5.53. The number of para-hydroxylation sites is 2. The van der Waals surface area contributed by atoms with Crippen LogP contribution in [0.5, 0.6) is 0 Å². The van der Waals surface area contributed by atoms with E-state index in [4.69, 9.17) is 0 Å². The molecular weight excluding hydrogens is 300 g/mol. The number of benzene rings is 2. The molecule has 5 heteroatoms. The first-order valence-corrected chi connectivity index (χ1v) is 7.92. The molecule has 1 heterocycles. The molecule has 0 saturated heterocycles. The van der Waals surface area contributed by atoms with Crippen LogP contribution in [-0.2, 0) is 6.54 Å². The number of anilines is 1. The fraction of sp³-hybridized carbons (Fsp3) is 0.158. The molecule has 3 aromatic rings. The van der Waals surface area contributed by atoms with Crippen LogP contribution in [0.3, 0.4) is 0 Å². The van der Waals surface area contributed by atoms with E-state index in [-0.39, 0.29) is 6.03 Å². The average molecular weight is 320 g/mol. The summed E-state index contributed by atoms with van der Waals surface area (Å²) in [7, 11) is 0. The SMILES string of the molecule is CCn1cc(C=NNC(=O)Nc2ccccc2C)c2ccccc21. The Balaban J connectivity index is 1.71. The molecule has 1 aromatic heterocycles. The van der Waals surface area contributed by atoms with E-state index >= 15 is 0 Å². The summed E-state index contributed by atoms with van der Waals surface area (Å²) in [5.74, 6) is 0. The zero-order valence-corrected chi connectivity index (χ0v) is 13.8.